The average molecular weight is 517 g/mol. The first-order valence-electron chi connectivity index (χ1n) is 9.15. The highest BCUT2D eigenvalue weighted by molar-refractivity contribution is 14.1. The van der Waals surface area contributed by atoms with Crippen LogP contribution >= 0.6 is 34.8 Å². The van der Waals surface area contributed by atoms with E-state index in [1.165, 1.54) is 0 Å². The van der Waals surface area contributed by atoms with Gasteiger partial charge in [0, 0.05) is 22.2 Å². The van der Waals surface area contributed by atoms with Crippen LogP contribution in [0.1, 0.15) is 42.1 Å². The number of ether oxygens (including phenoxy) is 1. The minimum absolute atomic E-state index is 0.117. The Morgan fingerprint density at radius 2 is 2.18 bits per heavy atom. The van der Waals surface area contributed by atoms with E-state index in [4.69, 9.17) is 17.0 Å². The maximum Gasteiger partial charge on any atom is 0.308 e. The fraction of sp³-hybridized carbons (Fsp3) is 0.474. The van der Waals surface area contributed by atoms with E-state index in [-0.39, 0.29) is 23.3 Å². The number of benzene rings is 1. The van der Waals surface area contributed by atoms with E-state index in [0.717, 1.165) is 22.0 Å². The lowest BCUT2D eigenvalue weighted by molar-refractivity contribution is -0.147. The molecule has 1 unspecified atom stereocenters. The van der Waals surface area contributed by atoms with Gasteiger partial charge in [-0.2, -0.15) is 0 Å². The fourth-order valence-corrected chi connectivity index (χ4v) is 3.51. The number of thiocarbonyl (C=S) groups is 1. The van der Waals surface area contributed by atoms with Crippen LogP contribution in [0.5, 0.6) is 0 Å². The summed E-state index contributed by atoms with van der Waals surface area (Å²) in [5, 5.41) is 5.52. The summed E-state index contributed by atoms with van der Waals surface area (Å²) < 4.78 is 6.13. The molecule has 152 valence electrons. The molecule has 1 heterocycles. The lowest BCUT2D eigenvalue weighted by atomic mass is 10.1. The van der Waals surface area contributed by atoms with Gasteiger partial charge < -0.3 is 15.0 Å². The number of piperazine rings is 1. The predicted octanol–water partition coefficient (Wildman–Crippen LogP) is 2.15. The number of rotatable bonds is 6. The van der Waals surface area contributed by atoms with Crippen molar-refractivity contribution < 1.29 is 19.1 Å². The molecule has 0 spiro atoms. The van der Waals surface area contributed by atoms with Crippen LogP contribution in [0.25, 0.3) is 0 Å². The van der Waals surface area contributed by atoms with Crippen molar-refractivity contribution in [2.75, 3.05) is 19.7 Å². The Kier molecular flexibility index (Phi) is 8.61. The standard InChI is InChI=1S/C19H24IN3O4S/c1-3-4-9-27-16(24)11-15-18(26)21-7-8-23(15)19(28)22-17(25)13-6-5-12(2)14(20)10-13/h5-6,10,15H,3-4,7-9,11H2,1-2H3,(H,21,26)(H,22,25,28). The Morgan fingerprint density at radius 1 is 1.43 bits per heavy atom. The van der Waals surface area contributed by atoms with E-state index in [0.29, 0.717) is 25.3 Å². The third kappa shape index (κ3) is 6.13. The molecule has 2 N–H and O–H groups in total. The number of nitrogens with one attached hydrogen (secondary N) is 2. The molecule has 0 aromatic heterocycles. The van der Waals surface area contributed by atoms with E-state index in [2.05, 4.69) is 33.2 Å². The number of amides is 2. The minimum Gasteiger partial charge on any atom is -0.466 e. The second kappa shape index (κ2) is 10.7. The van der Waals surface area contributed by atoms with Crippen LogP contribution in [0.3, 0.4) is 0 Å². The Labute approximate surface area is 183 Å². The summed E-state index contributed by atoms with van der Waals surface area (Å²) in [7, 11) is 0. The maximum absolute atomic E-state index is 12.5. The van der Waals surface area contributed by atoms with Crippen molar-refractivity contribution in [3.05, 3.63) is 32.9 Å². The molecule has 1 fully saturated rings. The zero-order valence-electron chi connectivity index (χ0n) is 15.9. The molecular weight excluding hydrogens is 493 g/mol. The molecule has 28 heavy (non-hydrogen) atoms. The lowest BCUT2D eigenvalue weighted by Gasteiger charge is -2.36. The van der Waals surface area contributed by atoms with Crippen LogP contribution in [0.4, 0.5) is 0 Å². The third-order valence-corrected chi connectivity index (χ3v) is 5.87. The van der Waals surface area contributed by atoms with Crippen molar-refractivity contribution >= 4 is 57.7 Å². The molecule has 1 aliphatic heterocycles. The topological polar surface area (TPSA) is 87.7 Å². The Hall–Kier alpha value is -1.75. The summed E-state index contributed by atoms with van der Waals surface area (Å²) in [4.78, 5) is 38.4. The quantitative estimate of drug-likeness (QED) is 0.260. The second-order valence-electron chi connectivity index (χ2n) is 6.50. The first-order valence-corrected chi connectivity index (χ1v) is 10.6. The molecule has 0 bridgehead atoms. The van der Waals surface area contributed by atoms with Gasteiger partial charge >= 0.3 is 5.97 Å². The summed E-state index contributed by atoms with van der Waals surface area (Å²) in [6.45, 7) is 5.09. The highest BCUT2D eigenvalue weighted by Gasteiger charge is 2.34. The van der Waals surface area contributed by atoms with Gasteiger partial charge in [-0.1, -0.05) is 19.4 Å². The number of nitrogens with zero attached hydrogens (tertiary/aromatic N) is 1. The fourth-order valence-electron chi connectivity index (χ4n) is 2.68. The number of hydrogen-bond acceptors (Lipinski definition) is 5. The van der Waals surface area contributed by atoms with Crippen LogP contribution in [0.2, 0.25) is 0 Å². The van der Waals surface area contributed by atoms with Crippen molar-refractivity contribution in [2.24, 2.45) is 0 Å². The Morgan fingerprint density at radius 3 is 2.86 bits per heavy atom. The van der Waals surface area contributed by atoms with Crippen LogP contribution in [0.15, 0.2) is 18.2 Å². The molecule has 0 radical (unpaired) electrons. The van der Waals surface area contributed by atoms with Crippen LogP contribution in [-0.2, 0) is 14.3 Å². The SMILES string of the molecule is CCCCOC(=O)CC1C(=O)NCCN1C(=S)NC(=O)c1ccc(C)c(I)c1. The van der Waals surface area contributed by atoms with Crippen LogP contribution < -0.4 is 10.6 Å². The molecule has 2 amide bonds. The van der Waals surface area contributed by atoms with Crippen molar-refractivity contribution in [3.63, 3.8) is 0 Å². The summed E-state index contributed by atoms with van der Waals surface area (Å²) in [6, 6.07) is 4.57. The second-order valence-corrected chi connectivity index (χ2v) is 8.05. The highest BCUT2D eigenvalue weighted by Crippen LogP contribution is 2.15. The summed E-state index contributed by atoms with van der Waals surface area (Å²) in [5.74, 6) is -1.11. The number of hydrogen-bond donors (Lipinski definition) is 2. The third-order valence-electron chi connectivity index (χ3n) is 4.37. The first-order chi connectivity index (χ1) is 13.3. The van der Waals surface area contributed by atoms with Crippen molar-refractivity contribution in [2.45, 2.75) is 39.2 Å². The summed E-state index contributed by atoms with van der Waals surface area (Å²) in [5.41, 5.74) is 1.56. The predicted molar refractivity (Wildman–Crippen MR) is 118 cm³/mol. The first kappa shape index (κ1) is 22.5. The van der Waals surface area contributed by atoms with E-state index in [1.807, 2.05) is 19.9 Å². The van der Waals surface area contributed by atoms with Gasteiger partial charge in [-0.25, -0.2) is 0 Å². The number of unbranched alkanes of at least 4 members (excludes halogenated alkanes) is 1. The molecule has 1 atom stereocenters. The molecule has 1 saturated heterocycles. The number of carbonyl (C=O) groups excluding carboxylic acids is 3. The highest BCUT2D eigenvalue weighted by atomic mass is 127. The van der Waals surface area contributed by atoms with E-state index in [9.17, 15) is 14.4 Å². The Balaban J connectivity index is 2.03. The largest absolute Gasteiger partial charge is 0.466 e. The van der Waals surface area contributed by atoms with Gasteiger partial charge in [0.25, 0.3) is 5.91 Å². The van der Waals surface area contributed by atoms with Gasteiger partial charge in [0.05, 0.1) is 13.0 Å². The molecule has 1 aromatic rings. The van der Waals surface area contributed by atoms with E-state index in [1.54, 1.807) is 17.0 Å². The molecule has 1 aromatic carbocycles. The zero-order valence-corrected chi connectivity index (χ0v) is 18.9. The maximum atomic E-state index is 12.5. The van der Waals surface area contributed by atoms with Gasteiger partial charge in [0.2, 0.25) is 5.91 Å². The number of halogens is 1. The van der Waals surface area contributed by atoms with E-state index >= 15 is 0 Å². The van der Waals surface area contributed by atoms with Gasteiger partial charge in [0.1, 0.15) is 6.04 Å². The van der Waals surface area contributed by atoms with Crippen molar-refractivity contribution in [1.29, 1.82) is 0 Å². The smallest absolute Gasteiger partial charge is 0.308 e. The van der Waals surface area contributed by atoms with Crippen LogP contribution in [0, 0.1) is 10.5 Å². The zero-order chi connectivity index (χ0) is 20.7. The normalized spacial score (nSPS) is 16.3. The van der Waals surface area contributed by atoms with E-state index < -0.39 is 12.0 Å². The minimum atomic E-state index is -0.797. The lowest BCUT2D eigenvalue weighted by Crippen LogP contribution is -2.60. The van der Waals surface area contributed by atoms with Crippen molar-refractivity contribution in [1.82, 2.24) is 15.5 Å². The number of esters is 1. The number of carbonyl (C=O) groups is 3. The molecule has 7 nitrogen and oxygen atoms in total. The van der Waals surface area contributed by atoms with Gasteiger partial charge in [-0.05, 0) is 65.8 Å². The van der Waals surface area contributed by atoms with Gasteiger partial charge in [-0.3, -0.25) is 19.7 Å². The Bertz CT molecular complexity index is 772. The molecule has 0 aliphatic carbocycles. The molecule has 2 rings (SSSR count). The molecule has 9 heteroatoms. The van der Waals surface area contributed by atoms with Gasteiger partial charge in [-0.15, -0.1) is 0 Å². The summed E-state index contributed by atoms with van der Waals surface area (Å²) in [6.07, 6.45) is 1.57. The van der Waals surface area contributed by atoms with Gasteiger partial charge in [0.15, 0.2) is 5.11 Å². The van der Waals surface area contributed by atoms with Crippen molar-refractivity contribution in [3.8, 4) is 0 Å². The molecule has 1 aliphatic rings. The number of aryl methyl sites for hydroxylation is 1. The summed E-state index contributed by atoms with van der Waals surface area (Å²) >= 11 is 7.52. The molecular formula is C19H24IN3O4S. The monoisotopic (exact) mass is 517 g/mol. The average Bonchev–Trinajstić information content (AvgIpc) is 2.65. The molecule has 0 saturated carbocycles. The van der Waals surface area contributed by atoms with Crippen LogP contribution in [-0.4, -0.2) is 53.5 Å².